The van der Waals surface area contributed by atoms with Crippen molar-refractivity contribution in [3.05, 3.63) is 157 Å². The van der Waals surface area contributed by atoms with Crippen LogP contribution in [0.4, 0.5) is 17.1 Å². The van der Waals surface area contributed by atoms with Crippen LogP contribution in [-0.2, 0) is 5.41 Å². The summed E-state index contributed by atoms with van der Waals surface area (Å²) in [5.74, 6) is 0.557. The van der Waals surface area contributed by atoms with Crippen LogP contribution >= 0.6 is 0 Å². The van der Waals surface area contributed by atoms with E-state index in [0.29, 0.717) is 17.0 Å². The van der Waals surface area contributed by atoms with Crippen molar-refractivity contribution in [2.75, 3.05) is 4.90 Å². The van der Waals surface area contributed by atoms with Crippen molar-refractivity contribution >= 4 is 72.0 Å². The molecule has 3 heterocycles. The monoisotopic (exact) mass is 658 g/mol. The second-order valence-corrected chi connectivity index (χ2v) is 13.9. The van der Waals surface area contributed by atoms with E-state index in [2.05, 4.69) is 104 Å². The number of oxazole rings is 1. The predicted octanol–water partition coefficient (Wildman–Crippen LogP) is 13.1. The standard InChI is InChI=1S/C46H30N2O3/c1-46(2)36-17-9-6-14-30(36)34-24-28(21-23-37(34)46)48(29-20-22-33-31-15-7-10-18-38(31)49-40(33)25-29)43-42-41(51-45(47-42)27-12-4-3-5-13-27)26-35-32-16-8-11-19-39(32)50-44(35)43/h3-26H,1-2H3. The molecule has 0 unspecified atom stereocenters. The minimum Gasteiger partial charge on any atom is -0.456 e. The zero-order valence-corrected chi connectivity index (χ0v) is 28.0. The minimum absolute atomic E-state index is 0.120. The van der Waals surface area contributed by atoms with Crippen LogP contribution in [0.5, 0.6) is 0 Å². The maximum Gasteiger partial charge on any atom is 0.227 e. The fraction of sp³-hybridized carbons (Fsp3) is 0.0652. The third-order valence-corrected chi connectivity index (χ3v) is 10.7. The molecule has 0 N–H and O–H groups in total. The molecule has 10 aromatic rings. The Labute approximate surface area is 293 Å². The Morgan fingerprint density at radius 2 is 1.14 bits per heavy atom. The van der Waals surface area contributed by atoms with Gasteiger partial charge in [-0.1, -0.05) is 98.8 Å². The number of benzene rings is 7. The highest BCUT2D eigenvalue weighted by atomic mass is 16.4. The molecule has 0 bridgehead atoms. The maximum atomic E-state index is 6.80. The van der Waals surface area contributed by atoms with Crippen LogP contribution in [0.25, 0.3) is 77.6 Å². The summed E-state index contributed by atoms with van der Waals surface area (Å²) < 4.78 is 19.9. The van der Waals surface area contributed by atoms with Crippen LogP contribution in [0.15, 0.2) is 159 Å². The minimum atomic E-state index is -0.120. The Kier molecular flexibility index (Phi) is 5.66. The summed E-state index contributed by atoms with van der Waals surface area (Å²) in [5, 5.41) is 4.14. The lowest BCUT2D eigenvalue weighted by molar-refractivity contribution is 0.620. The Morgan fingerprint density at radius 1 is 0.490 bits per heavy atom. The van der Waals surface area contributed by atoms with Gasteiger partial charge in [0.15, 0.2) is 11.2 Å². The van der Waals surface area contributed by atoms with Gasteiger partial charge >= 0.3 is 0 Å². The van der Waals surface area contributed by atoms with Gasteiger partial charge in [-0.15, -0.1) is 0 Å². The van der Waals surface area contributed by atoms with Gasteiger partial charge in [0.1, 0.15) is 28.0 Å². The molecule has 3 aromatic heterocycles. The lowest BCUT2D eigenvalue weighted by atomic mass is 9.82. The van der Waals surface area contributed by atoms with E-state index >= 15 is 0 Å². The average molecular weight is 659 g/mol. The second kappa shape index (κ2) is 10.2. The zero-order chi connectivity index (χ0) is 33.8. The van der Waals surface area contributed by atoms with E-state index in [1.807, 2.05) is 60.7 Å². The smallest absolute Gasteiger partial charge is 0.227 e. The molecule has 0 radical (unpaired) electrons. The first-order valence-electron chi connectivity index (χ1n) is 17.3. The Bertz CT molecular complexity index is 3020. The van der Waals surface area contributed by atoms with Gasteiger partial charge in [-0.25, -0.2) is 4.98 Å². The van der Waals surface area contributed by atoms with E-state index in [9.17, 15) is 0 Å². The van der Waals surface area contributed by atoms with Crippen LogP contribution in [0.1, 0.15) is 25.0 Å². The molecule has 11 rings (SSSR count). The highest BCUT2D eigenvalue weighted by molar-refractivity contribution is 6.18. The van der Waals surface area contributed by atoms with Gasteiger partial charge in [-0.2, -0.15) is 0 Å². The summed E-state index contributed by atoms with van der Waals surface area (Å²) in [5.41, 5.74) is 13.2. The van der Waals surface area contributed by atoms with E-state index in [4.69, 9.17) is 18.2 Å². The molecule has 1 aliphatic rings. The number of aromatic nitrogens is 1. The average Bonchev–Trinajstić information content (AvgIpc) is 3.92. The summed E-state index contributed by atoms with van der Waals surface area (Å²) in [6.07, 6.45) is 0. The molecule has 0 fully saturated rings. The predicted molar refractivity (Wildman–Crippen MR) is 206 cm³/mol. The summed E-state index contributed by atoms with van der Waals surface area (Å²) in [7, 11) is 0. The molecule has 0 amide bonds. The highest BCUT2D eigenvalue weighted by Gasteiger charge is 2.36. The number of rotatable bonds is 4. The summed E-state index contributed by atoms with van der Waals surface area (Å²) in [4.78, 5) is 7.48. The quantitative estimate of drug-likeness (QED) is 0.188. The number of hydrogen-bond donors (Lipinski definition) is 0. The number of hydrogen-bond acceptors (Lipinski definition) is 5. The van der Waals surface area contributed by atoms with Crippen LogP contribution in [0, 0.1) is 0 Å². The van der Waals surface area contributed by atoms with Gasteiger partial charge in [0.25, 0.3) is 0 Å². The van der Waals surface area contributed by atoms with Gasteiger partial charge in [-0.3, -0.25) is 0 Å². The third kappa shape index (κ3) is 4.00. The van der Waals surface area contributed by atoms with E-state index in [0.717, 1.165) is 66.5 Å². The van der Waals surface area contributed by atoms with Gasteiger partial charge in [0.05, 0.1) is 5.69 Å². The third-order valence-electron chi connectivity index (χ3n) is 10.7. The molecule has 51 heavy (non-hydrogen) atoms. The molecule has 0 saturated heterocycles. The maximum absolute atomic E-state index is 6.80. The number of furan rings is 2. The zero-order valence-electron chi connectivity index (χ0n) is 28.0. The molecular formula is C46H30N2O3. The lowest BCUT2D eigenvalue weighted by Gasteiger charge is -2.27. The normalized spacial score (nSPS) is 13.5. The molecule has 0 aliphatic heterocycles. The van der Waals surface area contributed by atoms with Gasteiger partial charge in [-0.05, 0) is 76.9 Å². The van der Waals surface area contributed by atoms with E-state index in [-0.39, 0.29) is 5.41 Å². The topological polar surface area (TPSA) is 55.6 Å². The van der Waals surface area contributed by atoms with Crippen molar-refractivity contribution in [2.45, 2.75) is 19.3 Å². The molecular weight excluding hydrogens is 629 g/mol. The van der Waals surface area contributed by atoms with Gasteiger partial charge < -0.3 is 18.2 Å². The first-order valence-corrected chi connectivity index (χ1v) is 17.3. The van der Waals surface area contributed by atoms with Crippen LogP contribution in [0.3, 0.4) is 0 Å². The molecule has 5 nitrogen and oxygen atoms in total. The molecule has 0 spiro atoms. The molecule has 0 saturated carbocycles. The summed E-state index contributed by atoms with van der Waals surface area (Å²) >= 11 is 0. The van der Waals surface area contributed by atoms with Crippen LogP contribution < -0.4 is 4.90 Å². The molecule has 242 valence electrons. The van der Waals surface area contributed by atoms with Crippen molar-refractivity contribution in [3.8, 4) is 22.6 Å². The largest absolute Gasteiger partial charge is 0.456 e. The Hall–Kier alpha value is -6.59. The van der Waals surface area contributed by atoms with Gasteiger partial charge in [0, 0.05) is 44.3 Å². The van der Waals surface area contributed by atoms with Crippen LogP contribution in [-0.4, -0.2) is 4.98 Å². The highest BCUT2D eigenvalue weighted by Crippen LogP contribution is 2.52. The molecule has 7 aromatic carbocycles. The lowest BCUT2D eigenvalue weighted by Crippen LogP contribution is -2.15. The molecule has 0 atom stereocenters. The second-order valence-electron chi connectivity index (χ2n) is 13.9. The van der Waals surface area contributed by atoms with Crippen molar-refractivity contribution in [1.82, 2.24) is 4.98 Å². The fourth-order valence-electron chi connectivity index (χ4n) is 8.24. The SMILES string of the molecule is CC1(C)c2ccccc2-c2cc(N(c3ccc4c(c3)oc3ccccc34)c3c4nc(-c5ccccc5)oc4cc4c3oc3ccccc34)ccc21. The van der Waals surface area contributed by atoms with E-state index < -0.39 is 0 Å². The van der Waals surface area contributed by atoms with E-state index in [1.54, 1.807) is 0 Å². The first-order chi connectivity index (χ1) is 25.0. The van der Waals surface area contributed by atoms with E-state index in [1.165, 1.54) is 22.3 Å². The van der Waals surface area contributed by atoms with Crippen molar-refractivity contribution in [2.24, 2.45) is 0 Å². The van der Waals surface area contributed by atoms with Crippen molar-refractivity contribution in [3.63, 3.8) is 0 Å². The summed E-state index contributed by atoms with van der Waals surface area (Å²) in [6, 6.07) is 50.5. The van der Waals surface area contributed by atoms with Gasteiger partial charge in [0.2, 0.25) is 5.89 Å². The summed E-state index contributed by atoms with van der Waals surface area (Å²) in [6.45, 7) is 4.62. The van der Waals surface area contributed by atoms with Crippen molar-refractivity contribution < 1.29 is 13.3 Å². The molecule has 5 heteroatoms. The van der Waals surface area contributed by atoms with Crippen LogP contribution in [0.2, 0.25) is 0 Å². The fourth-order valence-corrected chi connectivity index (χ4v) is 8.24. The Morgan fingerprint density at radius 3 is 1.98 bits per heavy atom. The number of anilines is 3. The number of fused-ring (bicyclic) bond motifs is 10. The number of nitrogens with zero attached hydrogens (tertiary/aromatic N) is 2. The first kappa shape index (κ1) is 28.3. The Balaban J connectivity index is 1.25. The molecule has 1 aliphatic carbocycles. The van der Waals surface area contributed by atoms with Crippen molar-refractivity contribution in [1.29, 1.82) is 0 Å². The number of para-hydroxylation sites is 2.